The summed E-state index contributed by atoms with van der Waals surface area (Å²) in [5.41, 5.74) is -0.512. The molecule has 0 aliphatic rings. The zero-order valence-electron chi connectivity index (χ0n) is 4.19. The highest BCUT2D eigenvalue weighted by Gasteiger charge is 2.00. The van der Waals surface area contributed by atoms with Gasteiger partial charge in [-0.1, -0.05) is 0 Å². The van der Waals surface area contributed by atoms with Crippen molar-refractivity contribution in [3.63, 3.8) is 0 Å². The largest absolute Gasteiger partial charge is 0.312 e. The van der Waals surface area contributed by atoms with E-state index in [-0.39, 0.29) is 4.47 Å². The second kappa shape index (κ2) is 2.26. The Labute approximate surface area is 58.1 Å². The molecule has 0 fully saturated rings. The summed E-state index contributed by atoms with van der Waals surface area (Å²) in [4.78, 5) is 15.8. The highest BCUT2D eigenvalue weighted by molar-refractivity contribution is 9.10. The molecule has 0 aromatic carbocycles. The van der Waals surface area contributed by atoms with Gasteiger partial charge in [-0.3, -0.25) is 4.79 Å². The van der Waals surface area contributed by atoms with Crippen molar-refractivity contribution in [1.82, 2.24) is 9.97 Å². The summed E-state index contributed by atoms with van der Waals surface area (Å²) >= 11 is 2.70. The molecule has 48 valence electrons. The van der Waals surface area contributed by atoms with Gasteiger partial charge in [-0.15, -0.1) is 0 Å². The zero-order chi connectivity index (χ0) is 6.85. The van der Waals surface area contributed by atoms with Crippen LogP contribution in [0, 0.1) is 5.95 Å². The van der Waals surface area contributed by atoms with Crippen molar-refractivity contribution in [3.05, 3.63) is 27.1 Å². The molecular weight excluding hydrogens is 191 g/mol. The van der Waals surface area contributed by atoms with Crippen molar-refractivity contribution in [2.24, 2.45) is 0 Å². The average Bonchev–Trinajstić information content (AvgIpc) is 1.83. The van der Waals surface area contributed by atoms with Gasteiger partial charge in [0.25, 0.3) is 5.56 Å². The summed E-state index contributed by atoms with van der Waals surface area (Å²) in [5.74, 6) is -0.793. The first-order chi connectivity index (χ1) is 4.22. The molecular formula is C4H2BrFN2O. The van der Waals surface area contributed by atoms with Crippen molar-refractivity contribution in [2.45, 2.75) is 0 Å². The monoisotopic (exact) mass is 192 g/mol. The lowest BCUT2D eigenvalue weighted by atomic mass is 10.6. The van der Waals surface area contributed by atoms with Gasteiger partial charge in [-0.05, 0) is 15.9 Å². The van der Waals surface area contributed by atoms with E-state index in [0.29, 0.717) is 0 Å². The first-order valence-corrected chi connectivity index (χ1v) is 2.90. The van der Waals surface area contributed by atoms with Crippen molar-refractivity contribution in [2.75, 3.05) is 0 Å². The standard InChI is InChI=1S/C4H2BrFN2O/c5-2-3(6)7-1-8-4(2)9/h1H,(H,7,8,9). The minimum Gasteiger partial charge on any atom is -0.312 e. The Bertz CT molecular complexity index is 272. The number of hydrogen-bond acceptors (Lipinski definition) is 2. The molecule has 5 heteroatoms. The zero-order valence-corrected chi connectivity index (χ0v) is 5.77. The number of nitrogens with zero attached hydrogens (tertiary/aromatic N) is 1. The molecule has 1 rings (SSSR count). The first-order valence-electron chi connectivity index (χ1n) is 2.10. The molecule has 0 aliphatic heterocycles. The minimum atomic E-state index is -0.793. The molecule has 0 atom stereocenters. The van der Waals surface area contributed by atoms with Gasteiger partial charge in [-0.2, -0.15) is 4.39 Å². The van der Waals surface area contributed by atoms with Gasteiger partial charge < -0.3 is 4.98 Å². The van der Waals surface area contributed by atoms with Crippen molar-refractivity contribution >= 4 is 15.9 Å². The Hall–Kier alpha value is -0.710. The number of rotatable bonds is 0. The van der Waals surface area contributed by atoms with Gasteiger partial charge in [0.15, 0.2) is 0 Å². The van der Waals surface area contributed by atoms with E-state index >= 15 is 0 Å². The number of hydrogen-bond donors (Lipinski definition) is 1. The highest BCUT2D eigenvalue weighted by atomic mass is 79.9. The SMILES string of the molecule is O=c1[nH]cnc(F)c1Br. The van der Waals surface area contributed by atoms with E-state index in [1.54, 1.807) is 0 Å². The lowest BCUT2D eigenvalue weighted by Crippen LogP contribution is -2.08. The van der Waals surface area contributed by atoms with Gasteiger partial charge >= 0.3 is 0 Å². The summed E-state index contributed by atoms with van der Waals surface area (Å²) in [6.45, 7) is 0. The van der Waals surface area contributed by atoms with Crippen LogP contribution in [0.1, 0.15) is 0 Å². The predicted octanol–water partition coefficient (Wildman–Crippen LogP) is 0.672. The van der Waals surface area contributed by atoms with E-state index in [1.165, 1.54) is 0 Å². The maximum Gasteiger partial charge on any atom is 0.268 e. The molecule has 9 heavy (non-hydrogen) atoms. The second-order valence-corrected chi connectivity index (χ2v) is 2.13. The molecule has 0 unspecified atom stereocenters. The van der Waals surface area contributed by atoms with E-state index in [0.717, 1.165) is 6.33 Å². The third-order valence-corrected chi connectivity index (χ3v) is 1.44. The lowest BCUT2D eigenvalue weighted by Gasteiger charge is -1.86. The van der Waals surface area contributed by atoms with Crippen LogP contribution in [-0.4, -0.2) is 9.97 Å². The fourth-order valence-electron chi connectivity index (χ4n) is 0.361. The fourth-order valence-corrected chi connectivity index (χ4v) is 0.578. The van der Waals surface area contributed by atoms with E-state index < -0.39 is 11.5 Å². The van der Waals surface area contributed by atoms with Crippen LogP contribution < -0.4 is 5.56 Å². The van der Waals surface area contributed by atoms with Crippen LogP contribution in [0.2, 0.25) is 0 Å². The summed E-state index contributed by atoms with van der Waals surface area (Å²) in [7, 11) is 0. The van der Waals surface area contributed by atoms with Crippen LogP contribution >= 0.6 is 15.9 Å². The van der Waals surface area contributed by atoms with Crippen LogP contribution in [0.4, 0.5) is 4.39 Å². The molecule has 0 amide bonds. The van der Waals surface area contributed by atoms with Crippen molar-refractivity contribution < 1.29 is 4.39 Å². The smallest absolute Gasteiger partial charge is 0.268 e. The highest BCUT2D eigenvalue weighted by Crippen LogP contribution is 2.02. The van der Waals surface area contributed by atoms with Gasteiger partial charge in [0, 0.05) is 0 Å². The predicted molar refractivity (Wildman–Crippen MR) is 32.5 cm³/mol. The van der Waals surface area contributed by atoms with E-state index in [4.69, 9.17) is 0 Å². The van der Waals surface area contributed by atoms with Gasteiger partial charge in [0.05, 0.1) is 6.33 Å². The molecule has 1 heterocycles. The molecule has 0 saturated heterocycles. The van der Waals surface area contributed by atoms with Gasteiger partial charge in [0.2, 0.25) is 5.95 Å². The lowest BCUT2D eigenvalue weighted by molar-refractivity contribution is 0.569. The summed E-state index contributed by atoms with van der Waals surface area (Å²) in [6, 6.07) is 0. The van der Waals surface area contributed by atoms with Crippen molar-refractivity contribution in [1.29, 1.82) is 0 Å². The molecule has 3 nitrogen and oxygen atoms in total. The Morgan fingerprint density at radius 2 is 2.44 bits per heavy atom. The van der Waals surface area contributed by atoms with Gasteiger partial charge in [0.1, 0.15) is 4.47 Å². The molecule has 1 aromatic rings. The molecule has 1 aromatic heterocycles. The summed E-state index contributed by atoms with van der Waals surface area (Å²) in [5, 5.41) is 0. The summed E-state index contributed by atoms with van der Waals surface area (Å²) in [6.07, 6.45) is 1.00. The molecule has 0 saturated carbocycles. The van der Waals surface area contributed by atoms with Crippen LogP contribution in [0.5, 0.6) is 0 Å². The van der Waals surface area contributed by atoms with Gasteiger partial charge in [-0.25, -0.2) is 4.98 Å². The van der Waals surface area contributed by atoms with Crippen LogP contribution in [0.25, 0.3) is 0 Å². The molecule has 0 aliphatic carbocycles. The maximum atomic E-state index is 12.2. The average molecular weight is 193 g/mol. The quantitative estimate of drug-likeness (QED) is 0.615. The molecule has 1 N–H and O–H groups in total. The van der Waals surface area contributed by atoms with E-state index in [9.17, 15) is 9.18 Å². The second-order valence-electron chi connectivity index (χ2n) is 1.34. The number of aromatic amines is 1. The Balaban J connectivity index is 3.43. The third-order valence-electron chi connectivity index (χ3n) is 0.754. The first kappa shape index (κ1) is 6.41. The normalized spacial score (nSPS) is 9.56. The third kappa shape index (κ3) is 1.16. The van der Waals surface area contributed by atoms with E-state index in [1.807, 2.05) is 0 Å². The van der Waals surface area contributed by atoms with Crippen LogP contribution in [0.3, 0.4) is 0 Å². The molecule has 0 radical (unpaired) electrons. The Morgan fingerprint density at radius 1 is 1.78 bits per heavy atom. The number of halogens is 2. The Kier molecular flexibility index (Phi) is 1.61. The number of H-pyrrole nitrogens is 1. The summed E-state index contributed by atoms with van der Waals surface area (Å²) < 4.78 is 12.0. The molecule has 0 spiro atoms. The number of nitrogens with one attached hydrogen (secondary N) is 1. The van der Waals surface area contributed by atoms with Crippen LogP contribution in [-0.2, 0) is 0 Å². The van der Waals surface area contributed by atoms with E-state index in [2.05, 4.69) is 25.9 Å². The maximum absolute atomic E-state index is 12.2. The minimum absolute atomic E-state index is 0.162. The molecule has 0 bridgehead atoms. The Morgan fingerprint density at radius 3 is 2.89 bits per heavy atom. The van der Waals surface area contributed by atoms with Crippen molar-refractivity contribution in [3.8, 4) is 0 Å². The topological polar surface area (TPSA) is 45.8 Å². The fraction of sp³-hybridized carbons (Fsp3) is 0. The number of aromatic nitrogens is 2. The van der Waals surface area contributed by atoms with Crippen LogP contribution in [0.15, 0.2) is 15.6 Å².